The van der Waals surface area contributed by atoms with Crippen molar-refractivity contribution in [2.45, 2.75) is 19.4 Å². The van der Waals surface area contributed by atoms with Crippen LogP contribution in [0.15, 0.2) is 42.5 Å². The van der Waals surface area contributed by atoms with Gasteiger partial charge in [0, 0.05) is 5.57 Å². The van der Waals surface area contributed by atoms with Crippen LogP contribution in [0.1, 0.15) is 24.9 Å². The zero-order chi connectivity index (χ0) is 12.8. The van der Waals surface area contributed by atoms with Gasteiger partial charge >= 0.3 is 5.97 Å². The molecule has 4 nitrogen and oxygen atoms in total. The minimum absolute atomic E-state index is 0.150. The molecule has 1 amide bonds. The van der Waals surface area contributed by atoms with Crippen molar-refractivity contribution in [3.05, 3.63) is 48.0 Å². The first-order chi connectivity index (χ1) is 8.00. The van der Waals surface area contributed by atoms with Gasteiger partial charge in [-0.1, -0.05) is 36.9 Å². The second-order valence-electron chi connectivity index (χ2n) is 3.81. The largest absolute Gasteiger partial charge is 0.481 e. The van der Waals surface area contributed by atoms with Crippen LogP contribution in [0.5, 0.6) is 0 Å². The molecule has 1 unspecified atom stereocenters. The Morgan fingerprint density at radius 2 is 1.94 bits per heavy atom. The Morgan fingerprint density at radius 3 is 2.41 bits per heavy atom. The third-order valence-corrected chi connectivity index (χ3v) is 2.27. The third kappa shape index (κ3) is 4.10. The van der Waals surface area contributed by atoms with Gasteiger partial charge in [-0.3, -0.25) is 9.59 Å². The minimum atomic E-state index is -0.958. The lowest BCUT2D eigenvalue weighted by atomic mass is 10.0. The molecule has 1 aromatic rings. The van der Waals surface area contributed by atoms with Crippen molar-refractivity contribution in [2.75, 3.05) is 0 Å². The van der Waals surface area contributed by atoms with Crippen LogP contribution in [-0.2, 0) is 9.59 Å². The molecule has 0 aliphatic heterocycles. The number of carboxylic acids is 1. The van der Waals surface area contributed by atoms with E-state index in [1.165, 1.54) is 0 Å². The normalized spacial score (nSPS) is 11.6. The molecular weight excluding hydrogens is 218 g/mol. The molecular formula is C13H15NO3. The second-order valence-corrected chi connectivity index (χ2v) is 3.81. The average molecular weight is 233 g/mol. The number of amides is 1. The highest BCUT2D eigenvalue weighted by Crippen LogP contribution is 2.16. The van der Waals surface area contributed by atoms with Gasteiger partial charge in [-0.15, -0.1) is 0 Å². The molecule has 17 heavy (non-hydrogen) atoms. The smallest absolute Gasteiger partial charge is 0.305 e. The number of benzene rings is 1. The first-order valence-corrected chi connectivity index (χ1v) is 5.24. The molecule has 4 heteroatoms. The minimum Gasteiger partial charge on any atom is -0.481 e. The van der Waals surface area contributed by atoms with E-state index in [4.69, 9.17) is 5.11 Å². The number of carboxylic acid groups (broad SMARTS) is 1. The van der Waals surface area contributed by atoms with Gasteiger partial charge in [-0.05, 0) is 12.5 Å². The van der Waals surface area contributed by atoms with Crippen molar-refractivity contribution in [1.29, 1.82) is 0 Å². The highest BCUT2D eigenvalue weighted by atomic mass is 16.4. The van der Waals surface area contributed by atoms with E-state index in [2.05, 4.69) is 11.9 Å². The van der Waals surface area contributed by atoms with Gasteiger partial charge in [-0.2, -0.15) is 0 Å². The predicted octanol–water partition coefficient (Wildman–Crippen LogP) is 1.89. The van der Waals surface area contributed by atoms with Crippen LogP contribution >= 0.6 is 0 Å². The van der Waals surface area contributed by atoms with E-state index < -0.39 is 12.0 Å². The molecule has 0 aliphatic carbocycles. The van der Waals surface area contributed by atoms with E-state index in [1.54, 1.807) is 31.2 Å². The summed E-state index contributed by atoms with van der Waals surface area (Å²) in [7, 11) is 0. The summed E-state index contributed by atoms with van der Waals surface area (Å²) < 4.78 is 0. The molecule has 90 valence electrons. The monoisotopic (exact) mass is 233 g/mol. The Balaban J connectivity index is 2.85. The zero-order valence-corrected chi connectivity index (χ0v) is 9.64. The van der Waals surface area contributed by atoms with Crippen LogP contribution < -0.4 is 5.32 Å². The van der Waals surface area contributed by atoms with E-state index >= 15 is 0 Å². The molecule has 0 aromatic heterocycles. The highest BCUT2D eigenvalue weighted by Gasteiger charge is 2.17. The van der Waals surface area contributed by atoms with Gasteiger partial charge in [0.2, 0.25) is 5.91 Å². The molecule has 0 heterocycles. The molecule has 0 radical (unpaired) electrons. The van der Waals surface area contributed by atoms with E-state index in [0.29, 0.717) is 5.57 Å². The highest BCUT2D eigenvalue weighted by molar-refractivity contribution is 5.92. The molecule has 1 atom stereocenters. The Kier molecular flexibility index (Phi) is 4.46. The third-order valence-electron chi connectivity index (χ3n) is 2.27. The Hall–Kier alpha value is -2.10. The molecule has 0 saturated heterocycles. The van der Waals surface area contributed by atoms with E-state index in [-0.39, 0.29) is 12.3 Å². The van der Waals surface area contributed by atoms with Gasteiger partial charge in [0.05, 0.1) is 12.5 Å². The fraction of sp³-hybridized carbons (Fsp3) is 0.231. The molecule has 2 N–H and O–H groups in total. The summed E-state index contributed by atoms with van der Waals surface area (Å²) in [5, 5.41) is 11.5. The average Bonchev–Trinajstić information content (AvgIpc) is 2.28. The molecule has 0 fully saturated rings. The number of hydrogen-bond acceptors (Lipinski definition) is 2. The number of aliphatic carboxylic acids is 1. The second kappa shape index (κ2) is 5.84. The van der Waals surface area contributed by atoms with Crippen molar-refractivity contribution in [3.8, 4) is 0 Å². The molecule has 0 spiro atoms. The fourth-order valence-corrected chi connectivity index (χ4v) is 1.39. The van der Waals surface area contributed by atoms with E-state index in [0.717, 1.165) is 5.56 Å². The molecule has 1 rings (SSSR count). The van der Waals surface area contributed by atoms with Gasteiger partial charge in [-0.25, -0.2) is 0 Å². The summed E-state index contributed by atoms with van der Waals surface area (Å²) in [6, 6.07) is 8.48. The van der Waals surface area contributed by atoms with Gasteiger partial charge < -0.3 is 10.4 Å². The molecule has 1 aromatic carbocycles. The van der Waals surface area contributed by atoms with Crippen LogP contribution in [0.25, 0.3) is 0 Å². The standard InChI is InChI=1S/C13H15NO3/c1-9(2)13(17)14-11(8-12(15)16)10-6-4-3-5-7-10/h3-7,11H,1,8H2,2H3,(H,14,17)(H,15,16). The SMILES string of the molecule is C=C(C)C(=O)NC(CC(=O)O)c1ccccc1. The Morgan fingerprint density at radius 1 is 1.35 bits per heavy atom. The summed E-state index contributed by atoms with van der Waals surface area (Å²) in [6.07, 6.45) is -0.150. The Labute approximate surface area is 100.0 Å². The number of hydrogen-bond donors (Lipinski definition) is 2. The van der Waals surface area contributed by atoms with Crippen LogP contribution in [0.4, 0.5) is 0 Å². The number of carbonyl (C=O) groups is 2. The maximum absolute atomic E-state index is 11.5. The molecule has 0 bridgehead atoms. The van der Waals surface area contributed by atoms with Gasteiger partial charge in [0.25, 0.3) is 0 Å². The van der Waals surface area contributed by atoms with Crippen LogP contribution in [-0.4, -0.2) is 17.0 Å². The summed E-state index contributed by atoms with van der Waals surface area (Å²) in [4.78, 5) is 22.3. The molecule has 0 aliphatic rings. The van der Waals surface area contributed by atoms with Gasteiger partial charge in [0.15, 0.2) is 0 Å². The van der Waals surface area contributed by atoms with E-state index in [9.17, 15) is 9.59 Å². The first kappa shape index (κ1) is 13.0. The predicted molar refractivity (Wildman–Crippen MR) is 64.4 cm³/mol. The lowest BCUT2D eigenvalue weighted by molar-refractivity contribution is -0.137. The van der Waals surface area contributed by atoms with Crippen molar-refractivity contribution in [1.82, 2.24) is 5.32 Å². The molecule has 0 saturated carbocycles. The lowest BCUT2D eigenvalue weighted by Gasteiger charge is -2.17. The van der Waals surface area contributed by atoms with Crippen LogP contribution in [0.2, 0.25) is 0 Å². The number of rotatable bonds is 5. The van der Waals surface area contributed by atoms with E-state index in [1.807, 2.05) is 6.07 Å². The summed E-state index contributed by atoms with van der Waals surface area (Å²) in [5.74, 6) is -1.29. The van der Waals surface area contributed by atoms with Crippen molar-refractivity contribution in [2.24, 2.45) is 0 Å². The van der Waals surface area contributed by atoms with Crippen molar-refractivity contribution >= 4 is 11.9 Å². The topological polar surface area (TPSA) is 66.4 Å². The van der Waals surface area contributed by atoms with Crippen LogP contribution in [0, 0.1) is 0 Å². The number of carbonyl (C=O) groups excluding carboxylic acids is 1. The maximum atomic E-state index is 11.5. The summed E-state index contributed by atoms with van der Waals surface area (Å²) in [6.45, 7) is 5.10. The first-order valence-electron chi connectivity index (χ1n) is 5.24. The fourth-order valence-electron chi connectivity index (χ4n) is 1.39. The maximum Gasteiger partial charge on any atom is 0.305 e. The quantitative estimate of drug-likeness (QED) is 0.763. The zero-order valence-electron chi connectivity index (χ0n) is 9.64. The van der Waals surface area contributed by atoms with Gasteiger partial charge in [0.1, 0.15) is 0 Å². The van der Waals surface area contributed by atoms with Crippen LogP contribution in [0.3, 0.4) is 0 Å². The summed E-state index contributed by atoms with van der Waals surface area (Å²) >= 11 is 0. The van der Waals surface area contributed by atoms with Crippen molar-refractivity contribution in [3.63, 3.8) is 0 Å². The van der Waals surface area contributed by atoms with Crippen molar-refractivity contribution < 1.29 is 14.7 Å². The summed E-state index contributed by atoms with van der Waals surface area (Å²) in [5.41, 5.74) is 1.13. The lowest BCUT2D eigenvalue weighted by Crippen LogP contribution is -2.30. The number of nitrogens with one attached hydrogen (secondary N) is 1. The Bertz CT molecular complexity index is 426.